The first-order chi connectivity index (χ1) is 6.90. The Hall–Kier alpha value is 0.650. The monoisotopic (exact) mass is 309 g/mol. The van der Waals surface area contributed by atoms with Crippen molar-refractivity contribution in [1.29, 1.82) is 0 Å². The highest BCUT2D eigenvalue weighted by Crippen LogP contribution is 2.27. The number of rotatable bonds is 2. The molecule has 2 rings (SSSR count). The van der Waals surface area contributed by atoms with Crippen LogP contribution in [0.5, 0.6) is 0 Å². The van der Waals surface area contributed by atoms with Crippen LogP contribution in [0.2, 0.25) is 0 Å². The number of piperidine rings is 1. The zero-order chi connectivity index (χ0) is 9.80. The molecule has 82 valence electrons. The van der Waals surface area contributed by atoms with Crippen LogP contribution < -0.4 is 0 Å². The summed E-state index contributed by atoms with van der Waals surface area (Å²) in [5.74, 6) is 0. The van der Waals surface area contributed by atoms with Crippen molar-refractivity contribution in [2.45, 2.75) is 57.1 Å². The summed E-state index contributed by atoms with van der Waals surface area (Å²) >= 11 is 2.05. The molecule has 1 saturated heterocycles. The van der Waals surface area contributed by atoms with Crippen molar-refractivity contribution in [3.63, 3.8) is 0 Å². The van der Waals surface area contributed by atoms with Crippen LogP contribution in [-0.4, -0.2) is 30.1 Å². The topological polar surface area (TPSA) is 12.5 Å². The molecule has 1 saturated carbocycles. The zero-order valence-electron chi connectivity index (χ0n) is 8.75. The van der Waals surface area contributed by atoms with Crippen LogP contribution in [0, 0.1) is 0 Å². The number of hydrogen-bond donors (Lipinski definition) is 0. The van der Waals surface area contributed by atoms with Gasteiger partial charge in [0.15, 0.2) is 0 Å². The first-order valence-electron chi connectivity index (χ1n) is 5.91. The van der Waals surface area contributed by atoms with Gasteiger partial charge in [-0.15, -0.1) is 0 Å². The minimum absolute atomic E-state index is 0.539. The third-order valence-corrected chi connectivity index (χ3v) is 4.40. The van der Waals surface area contributed by atoms with Crippen LogP contribution in [0.3, 0.4) is 0 Å². The summed E-state index contributed by atoms with van der Waals surface area (Å²) in [5.41, 5.74) is 0. The SMILES string of the molecule is IO[C@H]1CC[C@@H](N2CCCCC2)CC1. The molecule has 2 fully saturated rings. The first kappa shape index (κ1) is 11.1. The molecule has 3 heteroatoms. The summed E-state index contributed by atoms with van der Waals surface area (Å²) < 4.78 is 5.38. The average Bonchev–Trinajstić information content (AvgIpc) is 2.30. The van der Waals surface area contributed by atoms with E-state index >= 15 is 0 Å². The van der Waals surface area contributed by atoms with Gasteiger partial charge in [-0.05, 0) is 51.6 Å². The van der Waals surface area contributed by atoms with Gasteiger partial charge in [0.2, 0.25) is 0 Å². The standard InChI is InChI=1S/C11H20INO/c12-14-11-6-4-10(5-7-11)13-8-2-1-3-9-13/h10-11H,1-9H2/t10-,11+. The molecule has 0 spiro atoms. The summed E-state index contributed by atoms with van der Waals surface area (Å²) in [4.78, 5) is 2.72. The Morgan fingerprint density at radius 1 is 0.929 bits per heavy atom. The quantitative estimate of drug-likeness (QED) is 0.727. The Morgan fingerprint density at radius 3 is 2.14 bits per heavy atom. The van der Waals surface area contributed by atoms with Crippen molar-refractivity contribution in [2.24, 2.45) is 0 Å². The van der Waals surface area contributed by atoms with Crippen LogP contribution in [0.25, 0.3) is 0 Å². The second-order valence-corrected chi connectivity index (χ2v) is 5.12. The van der Waals surface area contributed by atoms with Gasteiger partial charge in [0, 0.05) is 6.04 Å². The maximum absolute atomic E-state index is 5.38. The molecule has 0 aromatic heterocycles. The normalized spacial score (nSPS) is 35.8. The molecule has 14 heavy (non-hydrogen) atoms. The lowest BCUT2D eigenvalue weighted by atomic mass is 9.91. The average molecular weight is 309 g/mol. The fourth-order valence-electron chi connectivity index (χ4n) is 2.78. The van der Waals surface area contributed by atoms with E-state index in [-0.39, 0.29) is 0 Å². The van der Waals surface area contributed by atoms with Gasteiger partial charge in [-0.25, -0.2) is 0 Å². The number of halogens is 1. The molecule has 1 aliphatic heterocycles. The summed E-state index contributed by atoms with van der Waals surface area (Å²) in [6.07, 6.45) is 10.1. The fourth-order valence-corrected chi connectivity index (χ4v) is 3.29. The lowest BCUT2D eigenvalue weighted by molar-refractivity contribution is 0.0947. The van der Waals surface area contributed by atoms with Crippen LogP contribution in [-0.2, 0) is 3.07 Å². The highest BCUT2D eigenvalue weighted by Gasteiger charge is 2.26. The van der Waals surface area contributed by atoms with Crippen LogP contribution in [0.15, 0.2) is 0 Å². The van der Waals surface area contributed by atoms with E-state index in [0.29, 0.717) is 6.10 Å². The Morgan fingerprint density at radius 2 is 1.57 bits per heavy atom. The largest absolute Gasteiger partial charge is 0.312 e. The number of nitrogens with zero attached hydrogens (tertiary/aromatic N) is 1. The van der Waals surface area contributed by atoms with E-state index in [1.807, 2.05) is 0 Å². The minimum Gasteiger partial charge on any atom is -0.312 e. The van der Waals surface area contributed by atoms with Crippen LogP contribution in [0.4, 0.5) is 0 Å². The van der Waals surface area contributed by atoms with Crippen LogP contribution in [0.1, 0.15) is 44.9 Å². The molecule has 0 unspecified atom stereocenters. The zero-order valence-corrected chi connectivity index (χ0v) is 10.9. The Balaban J connectivity index is 1.76. The summed E-state index contributed by atoms with van der Waals surface area (Å²) in [6.45, 7) is 2.70. The fraction of sp³-hybridized carbons (Fsp3) is 1.00. The van der Waals surface area contributed by atoms with E-state index in [4.69, 9.17) is 3.07 Å². The maximum atomic E-state index is 5.38. The van der Waals surface area contributed by atoms with Crippen molar-refractivity contribution in [1.82, 2.24) is 4.90 Å². The van der Waals surface area contributed by atoms with Gasteiger partial charge in [0.1, 0.15) is 23.0 Å². The third kappa shape index (κ3) is 2.83. The molecule has 2 aliphatic rings. The number of hydrogen-bond acceptors (Lipinski definition) is 2. The molecule has 0 radical (unpaired) electrons. The van der Waals surface area contributed by atoms with E-state index in [0.717, 1.165) is 6.04 Å². The van der Waals surface area contributed by atoms with Crippen molar-refractivity contribution in [3.05, 3.63) is 0 Å². The molecular formula is C11H20INO. The molecule has 2 nitrogen and oxygen atoms in total. The van der Waals surface area contributed by atoms with E-state index in [1.54, 1.807) is 0 Å². The molecule has 0 N–H and O–H groups in total. The smallest absolute Gasteiger partial charge is 0.110 e. The Bertz CT molecular complexity index is 163. The van der Waals surface area contributed by atoms with Crippen molar-refractivity contribution in [2.75, 3.05) is 13.1 Å². The summed E-state index contributed by atoms with van der Waals surface area (Å²) in [5, 5.41) is 0. The van der Waals surface area contributed by atoms with Gasteiger partial charge >= 0.3 is 0 Å². The predicted molar refractivity (Wildman–Crippen MR) is 66.6 cm³/mol. The van der Waals surface area contributed by atoms with Gasteiger partial charge in [-0.1, -0.05) is 6.42 Å². The molecule has 0 aromatic carbocycles. The van der Waals surface area contributed by atoms with E-state index < -0.39 is 0 Å². The van der Waals surface area contributed by atoms with Gasteiger partial charge < -0.3 is 7.97 Å². The molecule has 0 amide bonds. The summed E-state index contributed by atoms with van der Waals surface area (Å²) in [7, 11) is 0. The van der Waals surface area contributed by atoms with Gasteiger partial charge in [-0.2, -0.15) is 0 Å². The Labute approximate surface area is 101 Å². The van der Waals surface area contributed by atoms with Crippen molar-refractivity contribution < 1.29 is 3.07 Å². The molecule has 0 atom stereocenters. The first-order valence-corrected chi connectivity index (χ1v) is 6.79. The van der Waals surface area contributed by atoms with Crippen molar-refractivity contribution in [3.8, 4) is 0 Å². The molecule has 1 aliphatic carbocycles. The second-order valence-electron chi connectivity index (χ2n) is 4.62. The molecular weight excluding hydrogens is 289 g/mol. The van der Waals surface area contributed by atoms with E-state index in [2.05, 4.69) is 27.9 Å². The minimum atomic E-state index is 0.539. The van der Waals surface area contributed by atoms with Gasteiger partial charge in [0.05, 0.1) is 6.10 Å². The molecule has 1 heterocycles. The highest BCUT2D eigenvalue weighted by atomic mass is 127. The second kappa shape index (κ2) is 5.66. The number of likely N-dealkylation sites (tertiary alicyclic amines) is 1. The lowest BCUT2D eigenvalue weighted by Crippen LogP contribution is -2.42. The Kier molecular flexibility index (Phi) is 4.50. The summed E-state index contributed by atoms with van der Waals surface area (Å²) in [6, 6.07) is 0.873. The maximum Gasteiger partial charge on any atom is 0.110 e. The highest BCUT2D eigenvalue weighted by molar-refractivity contribution is 14.1. The van der Waals surface area contributed by atoms with Crippen LogP contribution >= 0.6 is 23.0 Å². The third-order valence-electron chi connectivity index (χ3n) is 3.68. The van der Waals surface area contributed by atoms with Gasteiger partial charge in [-0.3, -0.25) is 0 Å². The molecule has 0 aromatic rings. The van der Waals surface area contributed by atoms with Crippen molar-refractivity contribution >= 4 is 23.0 Å². The molecule has 0 bridgehead atoms. The van der Waals surface area contributed by atoms with E-state index in [1.165, 1.54) is 58.0 Å². The predicted octanol–water partition coefficient (Wildman–Crippen LogP) is 3.15. The lowest BCUT2D eigenvalue weighted by Gasteiger charge is -2.38. The van der Waals surface area contributed by atoms with Gasteiger partial charge in [0.25, 0.3) is 0 Å². The van der Waals surface area contributed by atoms with E-state index in [9.17, 15) is 0 Å².